The van der Waals surface area contributed by atoms with E-state index in [-0.39, 0.29) is 10.2 Å². The van der Waals surface area contributed by atoms with E-state index in [1.54, 1.807) is 39.8 Å². The molecule has 1 aliphatic heterocycles. The Morgan fingerprint density at radius 1 is 1.17 bits per heavy atom. The summed E-state index contributed by atoms with van der Waals surface area (Å²) in [6.45, 7) is 5.23. The molecule has 8 heteroatoms. The van der Waals surface area contributed by atoms with Gasteiger partial charge >= 0.3 is 0 Å². The van der Waals surface area contributed by atoms with Crippen LogP contribution in [0.25, 0.3) is 6.08 Å². The number of thiocarbonyl (C=S) groups is 1. The summed E-state index contributed by atoms with van der Waals surface area (Å²) < 4.78 is 2.98. The number of aromatic nitrogens is 1. The standard InChI is InChI=1S/C15H16N2O2S4/c1-3-16-10(12(18)22-14(16)20)8-6-5-7-9-11-13(19)23-15(21)17(11)4-2/h5-9,18H,3-4H2,1-2H3/p-1/b7-5+,8-6+,11-9+. The van der Waals surface area contributed by atoms with Crippen molar-refractivity contribution in [1.29, 1.82) is 0 Å². The Balaban J connectivity index is 2.13. The molecule has 4 nitrogen and oxygen atoms in total. The van der Waals surface area contributed by atoms with Crippen LogP contribution in [-0.2, 0) is 11.3 Å². The monoisotopic (exact) mass is 383 g/mol. The van der Waals surface area contributed by atoms with E-state index in [0.717, 1.165) is 23.1 Å². The minimum Gasteiger partial charge on any atom is -0.864 e. The molecule has 0 aliphatic carbocycles. The van der Waals surface area contributed by atoms with Crippen LogP contribution < -0.4 is 5.11 Å². The minimum absolute atomic E-state index is 0.0373. The Kier molecular flexibility index (Phi) is 6.34. The Hall–Kier alpha value is -1.22. The fraction of sp³-hybridized carbons (Fsp3) is 0.267. The molecule has 1 aromatic rings. The highest BCUT2D eigenvalue weighted by Gasteiger charge is 2.29. The zero-order valence-electron chi connectivity index (χ0n) is 12.6. The second-order valence-electron chi connectivity index (χ2n) is 4.48. The fourth-order valence-corrected chi connectivity index (χ4v) is 4.53. The third-order valence-electron chi connectivity index (χ3n) is 3.16. The van der Waals surface area contributed by atoms with E-state index in [1.807, 2.05) is 13.8 Å². The van der Waals surface area contributed by atoms with Crippen molar-refractivity contribution >= 4 is 63.0 Å². The fourth-order valence-electron chi connectivity index (χ4n) is 2.06. The summed E-state index contributed by atoms with van der Waals surface area (Å²) in [5.41, 5.74) is 1.17. The van der Waals surface area contributed by atoms with Crippen LogP contribution in [-0.4, -0.2) is 25.4 Å². The van der Waals surface area contributed by atoms with Crippen molar-refractivity contribution in [2.75, 3.05) is 6.54 Å². The predicted molar refractivity (Wildman–Crippen MR) is 102 cm³/mol. The molecule has 1 aliphatic rings. The molecular weight excluding hydrogens is 368 g/mol. The quantitative estimate of drug-likeness (QED) is 0.439. The Morgan fingerprint density at radius 3 is 2.57 bits per heavy atom. The molecule has 2 rings (SSSR count). The number of rotatable bonds is 5. The molecule has 1 saturated heterocycles. The normalized spacial score (nSPS) is 17.5. The molecule has 1 fully saturated rings. The summed E-state index contributed by atoms with van der Waals surface area (Å²) in [7, 11) is 0. The van der Waals surface area contributed by atoms with E-state index in [2.05, 4.69) is 0 Å². The smallest absolute Gasteiger partial charge is 0.242 e. The highest BCUT2D eigenvalue weighted by Crippen LogP contribution is 2.28. The van der Waals surface area contributed by atoms with Crippen molar-refractivity contribution in [3.63, 3.8) is 0 Å². The lowest BCUT2D eigenvalue weighted by molar-refractivity contribution is -0.262. The van der Waals surface area contributed by atoms with Crippen LogP contribution >= 0.6 is 47.5 Å². The third kappa shape index (κ3) is 4.00. The van der Waals surface area contributed by atoms with Crippen LogP contribution in [0.3, 0.4) is 0 Å². The SMILES string of the molecule is CCN1C(=S)SC(=O)\C1=C/C=C/C=C/c1c([O-])sc(=S)n1CC. The van der Waals surface area contributed by atoms with Crippen LogP contribution in [0.5, 0.6) is 5.06 Å². The lowest BCUT2D eigenvalue weighted by Gasteiger charge is -2.13. The van der Waals surface area contributed by atoms with Gasteiger partial charge in [-0.25, -0.2) is 0 Å². The molecule has 0 N–H and O–H groups in total. The van der Waals surface area contributed by atoms with Gasteiger partial charge in [0.05, 0.1) is 5.70 Å². The van der Waals surface area contributed by atoms with Gasteiger partial charge in [0.2, 0.25) is 5.12 Å². The average molecular weight is 384 g/mol. The van der Waals surface area contributed by atoms with Crippen LogP contribution in [0.4, 0.5) is 0 Å². The average Bonchev–Trinajstić information content (AvgIpc) is 2.93. The lowest BCUT2D eigenvalue weighted by Crippen LogP contribution is -2.21. The number of hydrogen-bond acceptors (Lipinski definition) is 6. The summed E-state index contributed by atoms with van der Waals surface area (Å²) >= 11 is 12.4. The molecule has 0 unspecified atom stereocenters. The first-order chi connectivity index (χ1) is 11.0. The summed E-state index contributed by atoms with van der Waals surface area (Å²) in [6.07, 6.45) is 8.78. The lowest BCUT2D eigenvalue weighted by atomic mass is 10.3. The van der Waals surface area contributed by atoms with Gasteiger partial charge in [0, 0.05) is 18.8 Å². The van der Waals surface area contributed by atoms with Crippen molar-refractivity contribution in [2.45, 2.75) is 20.4 Å². The molecule has 0 aromatic carbocycles. The van der Waals surface area contributed by atoms with Crippen molar-refractivity contribution in [3.05, 3.63) is 39.6 Å². The summed E-state index contributed by atoms with van der Waals surface area (Å²) in [5, 5.41) is 11.8. The molecule has 1 aromatic heterocycles. The molecule has 0 atom stereocenters. The Bertz CT molecular complexity index is 771. The maximum absolute atomic E-state index is 11.8. The van der Waals surface area contributed by atoms with E-state index in [9.17, 15) is 9.90 Å². The zero-order chi connectivity index (χ0) is 17.0. The van der Waals surface area contributed by atoms with Gasteiger partial charge < -0.3 is 14.6 Å². The highest BCUT2D eigenvalue weighted by molar-refractivity contribution is 8.33. The van der Waals surface area contributed by atoms with E-state index < -0.39 is 0 Å². The van der Waals surface area contributed by atoms with Crippen LogP contribution in [0.15, 0.2) is 30.0 Å². The molecule has 23 heavy (non-hydrogen) atoms. The number of carbonyl (C=O) groups is 1. The number of thioether (sulfide) groups is 1. The first-order valence-electron chi connectivity index (χ1n) is 6.98. The van der Waals surface area contributed by atoms with Crippen molar-refractivity contribution in [2.24, 2.45) is 0 Å². The summed E-state index contributed by atoms with van der Waals surface area (Å²) in [6, 6.07) is 0. The molecule has 0 radical (unpaired) electrons. The van der Waals surface area contributed by atoms with Crippen molar-refractivity contribution in [3.8, 4) is 5.06 Å². The van der Waals surface area contributed by atoms with Gasteiger partial charge in [-0.2, -0.15) is 0 Å². The first-order valence-corrected chi connectivity index (χ1v) is 9.43. The maximum atomic E-state index is 11.8. The minimum atomic E-state index is -0.0373. The van der Waals surface area contributed by atoms with Gasteiger partial charge in [-0.15, -0.1) is 11.3 Å². The largest absolute Gasteiger partial charge is 0.864 e. The second kappa shape index (κ2) is 8.05. The Labute approximate surface area is 153 Å². The van der Waals surface area contributed by atoms with Gasteiger partial charge in [0.1, 0.15) is 4.32 Å². The van der Waals surface area contributed by atoms with Crippen molar-refractivity contribution in [1.82, 2.24) is 9.47 Å². The van der Waals surface area contributed by atoms with E-state index in [1.165, 1.54) is 0 Å². The first kappa shape index (κ1) is 18.1. The summed E-state index contributed by atoms with van der Waals surface area (Å²) in [5.74, 6) is 0. The van der Waals surface area contributed by atoms with Gasteiger partial charge in [0.25, 0.3) is 0 Å². The number of thiazole rings is 1. The van der Waals surface area contributed by atoms with E-state index in [4.69, 9.17) is 24.4 Å². The van der Waals surface area contributed by atoms with Crippen LogP contribution in [0.1, 0.15) is 19.5 Å². The molecule has 122 valence electrons. The van der Waals surface area contributed by atoms with Gasteiger partial charge in [-0.1, -0.05) is 30.4 Å². The maximum Gasteiger partial charge on any atom is 0.242 e. The zero-order valence-corrected chi connectivity index (χ0v) is 15.9. The number of hydrogen-bond donors (Lipinski definition) is 0. The molecule has 0 bridgehead atoms. The second-order valence-corrected chi connectivity index (χ2v) is 7.69. The van der Waals surface area contributed by atoms with E-state index >= 15 is 0 Å². The third-order valence-corrected chi connectivity index (χ3v) is 5.68. The molecule has 0 amide bonds. The molecule has 2 heterocycles. The highest BCUT2D eigenvalue weighted by atomic mass is 32.2. The van der Waals surface area contributed by atoms with E-state index in [0.29, 0.717) is 32.8 Å². The van der Waals surface area contributed by atoms with Gasteiger partial charge in [-0.05, 0) is 55.0 Å². The summed E-state index contributed by atoms with van der Waals surface area (Å²) in [4.78, 5) is 13.6. The van der Waals surface area contributed by atoms with Gasteiger partial charge in [0.15, 0.2) is 3.95 Å². The van der Waals surface area contributed by atoms with Gasteiger partial charge in [-0.3, -0.25) is 4.79 Å². The van der Waals surface area contributed by atoms with Crippen molar-refractivity contribution < 1.29 is 9.90 Å². The number of likely N-dealkylation sites (N-methyl/N-ethyl adjacent to an activating group) is 1. The van der Waals surface area contributed by atoms with Crippen LogP contribution in [0.2, 0.25) is 0 Å². The molecule has 0 spiro atoms. The topological polar surface area (TPSA) is 48.3 Å². The number of nitrogens with zero attached hydrogens (tertiary/aromatic N) is 2. The van der Waals surface area contributed by atoms with Crippen LogP contribution in [0, 0.1) is 3.95 Å². The number of allylic oxidation sites excluding steroid dienone is 4. The number of carbonyl (C=O) groups excluding carboxylic acids is 1. The predicted octanol–water partition coefficient (Wildman–Crippen LogP) is 3.71. The molecule has 0 saturated carbocycles. The Morgan fingerprint density at radius 2 is 1.91 bits per heavy atom. The molecular formula is C15H15N2O2S4-.